The smallest absolute Gasteiger partial charge is 0.239 e. The van der Waals surface area contributed by atoms with Crippen LogP contribution in [0, 0.1) is 11.3 Å². The van der Waals surface area contributed by atoms with E-state index in [1.54, 1.807) is 24.1 Å². The molecule has 0 radical (unpaired) electrons. The Morgan fingerprint density at radius 2 is 2.39 bits per heavy atom. The van der Waals surface area contributed by atoms with E-state index in [0.717, 1.165) is 18.5 Å². The van der Waals surface area contributed by atoms with Crippen LogP contribution in [0.3, 0.4) is 0 Å². The molecule has 2 rings (SSSR count). The first-order valence-electron chi connectivity index (χ1n) is 5.78. The molecular weight excluding hydrogens is 250 g/mol. The summed E-state index contributed by atoms with van der Waals surface area (Å²) >= 11 is 6.07. The largest absolute Gasteiger partial charge is 0.344 e. The van der Waals surface area contributed by atoms with E-state index in [4.69, 9.17) is 16.9 Å². The number of nitriles is 1. The van der Waals surface area contributed by atoms with E-state index >= 15 is 0 Å². The lowest BCUT2D eigenvalue weighted by molar-refractivity contribution is -0.128. The van der Waals surface area contributed by atoms with Crippen molar-refractivity contribution in [2.24, 2.45) is 0 Å². The molecule has 0 bridgehead atoms. The van der Waals surface area contributed by atoms with Gasteiger partial charge in [-0.1, -0.05) is 17.7 Å². The van der Waals surface area contributed by atoms with E-state index in [1.165, 1.54) is 0 Å². The molecule has 0 saturated carbocycles. The van der Waals surface area contributed by atoms with Crippen LogP contribution < -0.4 is 5.32 Å². The summed E-state index contributed by atoms with van der Waals surface area (Å²) in [5, 5.41) is 12.5. The molecule has 18 heavy (non-hydrogen) atoms. The zero-order valence-corrected chi connectivity index (χ0v) is 10.9. The van der Waals surface area contributed by atoms with Crippen molar-refractivity contribution in [1.29, 1.82) is 5.26 Å². The summed E-state index contributed by atoms with van der Waals surface area (Å²) in [5.41, 5.74) is 1.44. The number of amides is 1. The molecule has 1 aromatic rings. The molecule has 1 aliphatic rings. The van der Waals surface area contributed by atoms with Crippen LogP contribution in [0.5, 0.6) is 0 Å². The van der Waals surface area contributed by atoms with Gasteiger partial charge in [0, 0.05) is 25.2 Å². The van der Waals surface area contributed by atoms with Crippen molar-refractivity contribution in [3.63, 3.8) is 0 Å². The number of nitrogens with zero attached hydrogens (tertiary/aromatic N) is 2. The molecular formula is C13H14ClN3O. The Labute approximate surface area is 111 Å². The summed E-state index contributed by atoms with van der Waals surface area (Å²) in [4.78, 5) is 13.4. The molecule has 1 saturated heterocycles. The van der Waals surface area contributed by atoms with Crippen LogP contribution in [0.4, 0.5) is 0 Å². The van der Waals surface area contributed by atoms with Gasteiger partial charge < -0.3 is 10.2 Å². The van der Waals surface area contributed by atoms with Gasteiger partial charge in [0.2, 0.25) is 5.91 Å². The molecule has 1 aromatic carbocycles. The Kier molecular flexibility index (Phi) is 3.85. The molecule has 4 nitrogen and oxygen atoms in total. The average Bonchev–Trinajstić information content (AvgIpc) is 2.68. The lowest BCUT2D eigenvalue weighted by Crippen LogP contribution is -2.36. The maximum absolute atomic E-state index is 11.7. The Bertz CT molecular complexity index is 509. The number of likely N-dealkylation sites (N-methyl/N-ethyl adjacent to an activating group) is 1. The maximum atomic E-state index is 11.7. The van der Waals surface area contributed by atoms with E-state index in [-0.39, 0.29) is 11.9 Å². The fourth-order valence-corrected chi connectivity index (χ4v) is 2.25. The van der Waals surface area contributed by atoms with Crippen molar-refractivity contribution in [2.45, 2.75) is 19.0 Å². The van der Waals surface area contributed by atoms with Crippen LogP contribution in [0.15, 0.2) is 18.2 Å². The monoisotopic (exact) mass is 263 g/mol. The Morgan fingerprint density at radius 3 is 2.94 bits per heavy atom. The van der Waals surface area contributed by atoms with Gasteiger partial charge in [0.25, 0.3) is 0 Å². The maximum Gasteiger partial charge on any atom is 0.239 e. The van der Waals surface area contributed by atoms with Crippen LogP contribution in [0.1, 0.15) is 17.5 Å². The summed E-state index contributed by atoms with van der Waals surface area (Å²) in [6.45, 7) is 1.33. The highest BCUT2D eigenvalue weighted by Gasteiger charge is 2.28. The number of carbonyl (C=O) groups is 1. The van der Waals surface area contributed by atoms with Gasteiger partial charge in [-0.3, -0.25) is 4.79 Å². The van der Waals surface area contributed by atoms with Crippen molar-refractivity contribution in [3.05, 3.63) is 34.3 Å². The normalized spacial score (nSPS) is 19.1. The number of hydrogen-bond donors (Lipinski definition) is 1. The van der Waals surface area contributed by atoms with Crippen molar-refractivity contribution in [3.8, 4) is 6.07 Å². The van der Waals surface area contributed by atoms with Crippen LogP contribution in [0.2, 0.25) is 5.02 Å². The number of halogens is 1. The molecule has 94 valence electrons. The second-order valence-electron chi connectivity index (χ2n) is 4.40. The van der Waals surface area contributed by atoms with E-state index < -0.39 is 0 Å². The van der Waals surface area contributed by atoms with Gasteiger partial charge in [-0.2, -0.15) is 5.26 Å². The van der Waals surface area contributed by atoms with Crippen molar-refractivity contribution in [1.82, 2.24) is 10.2 Å². The average molecular weight is 264 g/mol. The summed E-state index contributed by atoms with van der Waals surface area (Å²) in [7, 11) is 1.80. The topological polar surface area (TPSA) is 56.1 Å². The van der Waals surface area contributed by atoms with Crippen molar-refractivity contribution in [2.75, 3.05) is 13.6 Å². The predicted octanol–water partition coefficient (Wildman–Crippen LogP) is 1.53. The molecule has 5 heteroatoms. The molecule has 0 spiro atoms. The Balaban J connectivity index is 1.99. The number of hydrogen-bond acceptors (Lipinski definition) is 3. The van der Waals surface area contributed by atoms with Gasteiger partial charge in [-0.15, -0.1) is 0 Å². The van der Waals surface area contributed by atoms with E-state index in [1.807, 2.05) is 12.1 Å². The zero-order valence-electron chi connectivity index (χ0n) is 10.1. The number of rotatable bonds is 3. The zero-order chi connectivity index (χ0) is 13.1. The SMILES string of the molecule is CN1CCC(NCc2ccc(C#N)cc2Cl)C1=O. The number of carbonyl (C=O) groups excluding carboxylic acids is 1. The molecule has 1 atom stereocenters. The highest BCUT2D eigenvalue weighted by molar-refractivity contribution is 6.31. The third kappa shape index (κ3) is 2.63. The van der Waals surface area contributed by atoms with E-state index in [2.05, 4.69) is 5.32 Å². The van der Waals surface area contributed by atoms with Crippen LogP contribution in [-0.4, -0.2) is 30.4 Å². The summed E-state index contributed by atoms with van der Waals surface area (Å²) in [6.07, 6.45) is 0.823. The second-order valence-corrected chi connectivity index (χ2v) is 4.81. The van der Waals surface area contributed by atoms with Gasteiger partial charge in [-0.25, -0.2) is 0 Å². The highest BCUT2D eigenvalue weighted by atomic mass is 35.5. The first kappa shape index (κ1) is 12.9. The molecule has 1 N–H and O–H groups in total. The van der Waals surface area contributed by atoms with Crippen LogP contribution in [-0.2, 0) is 11.3 Å². The summed E-state index contributed by atoms with van der Waals surface area (Å²) in [6, 6.07) is 7.10. The van der Waals surface area contributed by atoms with Gasteiger partial charge in [0.1, 0.15) is 0 Å². The van der Waals surface area contributed by atoms with Gasteiger partial charge in [0.15, 0.2) is 0 Å². The predicted molar refractivity (Wildman–Crippen MR) is 69.0 cm³/mol. The molecule has 0 aromatic heterocycles. The minimum atomic E-state index is -0.123. The third-order valence-corrected chi connectivity index (χ3v) is 3.50. The second kappa shape index (κ2) is 5.38. The van der Waals surface area contributed by atoms with Crippen molar-refractivity contribution < 1.29 is 4.79 Å². The number of nitrogens with one attached hydrogen (secondary N) is 1. The first-order chi connectivity index (χ1) is 8.61. The number of likely N-dealkylation sites (tertiary alicyclic amines) is 1. The molecule has 1 amide bonds. The highest BCUT2D eigenvalue weighted by Crippen LogP contribution is 2.18. The minimum absolute atomic E-state index is 0.123. The van der Waals surface area contributed by atoms with Gasteiger partial charge in [0.05, 0.1) is 17.7 Å². The molecule has 1 unspecified atom stereocenters. The molecule has 1 heterocycles. The number of benzene rings is 1. The molecule has 1 aliphatic heterocycles. The fourth-order valence-electron chi connectivity index (χ4n) is 2.01. The van der Waals surface area contributed by atoms with Crippen molar-refractivity contribution >= 4 is 17.5 Å². The lowest BCUT2D eigenvalue weighted by Gasteiger charge is -2.13. The van der Waals surface area contributed by atoms with Gasteiger partial charge in [-0.05, 0) is 24.1 Å². The Hall–Kier alpha value is -1.57. The van der Waals surface area contributed by atoms with Crippen LogP contribution in [0.25, 0.3) is 0 Å². The van der Waals surface area contributed by atoms with E-state index in [0.29, 0.717) is 17.1 Å². The third-order valence-electron chi connectivity index (χ3n) is 3.15. The Morgan fingerprint density at radius 1 is 1.61 bits per heavy atom. The lowest BCUT2D eigenvalue weighted by atomic mass is 10.1. The standard InChI is InChI=1S/C13H14ClN3O/c1-17-5-4-12(13(17)18)16-8-10-3-2-9(7-15)6-11(10)14/h2-3,6,12,16H,4-5,8H2,1H3. The fraction of sp³-hybridized carbons (Fsp3) is 0.385. The quantitative estimate of drug-likeness (QED) is 0.900. The van der Waals surface area contributed by atoms with E-state index in [9.17, 15) is 4.79 Å². The summed E-state index contributed by atoms with van der Waals surface area (Å²) < 4.78 is 0. The minimum Gasteiger partial charge on any atom is -0.344 e. The first-order valence-corrected chi connectivity index (χ1v) is 6.16. The molecule has 0 aliphatic carbocycles. The van der Waals surface area contributed by atoms with Crippen LogP contribution >= 0.6 is 11.6 Å². The van der Waals surface area contributed by atoms with Gasteiger partial charge >= 0.3 is 0 Å². The molecule has 1 fully saturated rings. The summed E-state index contributed by atoms with van der Waals surface area (Å²) in [5.74, 6) is 0.125.